The smallest absolute Gasteiger partial charge is 0.317 e. The van der Waals surface area contributed by atoms with Gasteiger partial charge in [-0.1, -0.05) is 0 Å². The quantitative estimate of drug-likeness (QED) is 0.754. The first-order valence-electron chi connectivity index (χ1n) is 6.68. The molecule has 1 N–H and O–H groups in total. The third-order valence-corrected chi connectivity index (χ3v) is 5.26. The fourth-order valence-electron chi connectivity index (χ4n) is 2.26. The molecule has 2 rings (SSSR count). The summed E-state index contributed by atoms with van der Waals surface area (Å²) in [6.45, 7) is 3.59. The van der Waals surface area contributed by atoms with E-state index in [1.807, 2.05) is 0 Å². The molecule has 0 aromatic rings. The molecule has 2 fully saturated rings. The van der Waals surface area contributed by atoms with Crippen molar-refractivity contribution >= 4 is 16.1 Å². The maximum absolute atomic E-state index is 11.9. The fraction of sp³-hybridized carbons (Fsp3) is 0.909. The molecule has 0 atom stereocenters. The van der Waals surface area contributed by atoms with Crippen molar-refractivity contribution < 1.29 is 17.9 Å². The Morgan fingerprint density at radius 1 is 1.11 bits per heavy atom. The summed E-state index contributed by atoms with van der Waals surface area (Å²) in [7, 11) is -3.21. The van der Waals surface area contributed by atoms with E-state index in [1.165, 1.54) is 4.31 Å². The van der Waals surface area contributed by atoms with E-state index < -0.39 is 10.0 Å². The van der Waals surface area contributed by atoms with Crippen LogP contribution in [0.1, 0.15) is 12.8 Å². The number of nitrogens with zero attached hydrogens (tertiary/aromatic N) is 2. The summed E-state index contributed by atoms with van der Waals surface area (Å²) in [6, 6.07) is -0.208. The Hall–Kier alpha value is -0.860. The average Bonchev–Trinajstić information content (AvgIpc) is 2.94. The number of ether oxygens (including phenoxy) is 1. The highest BCUT2D eigenvalue weighted by Crippen LogP contribution is 2.12. The molecule has 2 saturated heterocycles. The number of amides is 2. The summed E-state index contributed by atoms with van der Waals surface area (Å²) in [5, 5.41) is 2.66. The molecule has 19 heavy (non-hydrogen) atoms. The summed E-state index contributed by atoms with van der Waals surface area (Å²) < 4.78 is 30.5. The van der Waals surface area contributed by atoms with Gasteiger partial charge in [-0.15, -0.1) is 0 Å². The lowest BCUT2D eigenvalue weighted by Crippen LogP contribution is -2.47. The molecule has 0 aromatic carbocycles. The van der Waals surface area contributed by atoms with Gasteiger partial charge in [-0.2, -0.15) is 0 Å². The van der Waals surface area contributed by atoms with Crippen molar-refractivity contribution in [3.63, 3.8) is 0 Å². The first-order chi connectivity index (χ1) is 9.09. The van der Waals surface area contributed by atoms with Gasteiger partial charge in [-0.05, 0) is 12.8 Å². The summed E-state index contributed by atoms with van der Waals surface area (Å²) in [6.07, 6.45) is 1.86. The van der Waals surface area contributed by atoms with Crippen LogP contribution in [-0.2, 0) is 14.8 Å². The van der Waals surface area contributed by atoms with Crippen molar-refractivity contribution in [3.8, 4) is 0 Å². The van der Waals surface area contributed by atoms with E-state index in [9.17, 15) is 13.2 Å². The van der Waals surface area contributed by atoms with E-state index in [0.717, 1.165) is 12.8 Å². The van der Waals surface area contributed by atoms with Crippen LogP contribution in [0.3, 0.4) is 0 Å². The second kappa shape index (κ2) is 6.53. The second-order valence-corrected chi connectivity index (χ2v) is 6.84. The average molecular weight is 291 g/mol. The van der Waals surface area contributed by atoms with Crippen LogP contribution in [0, 0.1) is 0 Å². The van der Waals surface area contributed by atoms with Gasteiger partial charge < -0.3 is 15.0 Å². The highest BCUT2D eigenvalue weighted by molar-refractivity contribution is 7.89. The minimum absolute atomic E-state index is 0.0247. The Kier molecular flexibility index (Phi) is 5.00. The van der Waals surface area contributed by atoms with Crippen LogP contribution in [0.2, 0.25) is 0 Å². The van der Waals surface area contributed by atoms with Crippen molar-refractivity contribution in [1.82, 2.24) is 14.5 Å². The molecule has 2 amide bonds. The predicted molar refractivity (Wildman–Crippen MR) is 70.4 cm³/mol. The monoisotopic (exact) mass is 291 g/mol. The van der Waals surface area contributed by atoms with E-state index in [1.54, 1.807) is 4.90 Å². The van der Waals surface area contributed by atoms with Gasteiger partial charge in [0, 0.05) is 32.7 Å². The van der Waals surface area contributed by atoms with Gasteiger partial charge in [-0.25, -0.2) is 17.5 Å². The Morgan fingerprint density at radius 2 is 1.74 bits per heavy atom. The Bertz CT molecular complexity index is 400. The van der Waals surface area contributed by atoms with Crippen LogP contribution in [0.4, 0.5) is 4.79 Å². The van der Waals surface area contributed by atoms with Gasteiger partial charge in [0.15, 0.2) is 0 Å². The minimum Gasteiger partial charge on any atom is -0.378 e. The molecule has 110 valence electrons. The van der Waals surface area contributed by atoms with E-state index in [4.69, 9.17) is 4.74 Å². The number of carbonyl (C=O) groups excluding carboxylic acids is 1. The zero-order valence-corrected chi connectivity index (χ0v) is 11.8. The van der Waals surface area contributed by atoms with Crippen LogP contribution in [0.15, 0.2) is 0 Å². The summed E-state index contributed by atoms with van der Waals surface area (Å²) in [5.41, 5.74) is 0. The van der Waals surface area contributed by atoms with Gasteiger partial charge in [0.2, 0.25) is 10.0 Å². The first kappa shape index (κ1) is 14.5. The predicted octanol–water partition coefficient (Wildman–Crippen LogP) is -0.546. The van der Waals surface area contributed by atoms with Gasteiger partial charge in [0.1, 0.15) is 0 Å². The maximum atomic E-state index is 11.9. The van der Waals surface area contributed by atoms with E-state index >= 15 is 0 Å². The molecule has 0 spiro atoms. The molecule has 8 heteroatoms. The standard InChI is InChI=1S/C11H21N3O4S/c15-11(13-6-8-18-9-7-13)12-3-10-19(16,17)14-4-1-2-5-14/h1-10H2,(H,12,15). The lowest BCUT2D eigenvalue weighted by atomic mass is 10.4. The maximum Gasteiger partial charge on any atom is 0.317 e. The highest BCUT2D eigenvalue weighted by Gasteiger charge is 2.25. The number of morpholine rings is 1. The van der Waals surface area contributed by atoms with Crippen LogP contribution >= 0.6 is 0 Å². The molecule has 0 aromatic heterocycles. The lowest BCUT2D eigenvalue weighted by molar-refractivity contribution is 0.0533. The third-order valence-electron chi connectivity index (χ3n) is 3.39. The second-order valence-electron chi connectivity index (χ2n) is 4.75. The number of urea groups is 1. The Morgan fingerprint density at radius 3 is 2.37 bits per heavy atom. The molecule has 2 aliphatic rings. The zero-order chi connectivity index (χ0) is 13.7. The van der Waals surface area contributed by atoms with Crippen molar-refractivity contribution in [2.45, 2.75) is 12.8 Å². The molecule has 0 unspecified atom stereocenters. The van der Waals surface area contributed by atoms with Gasteiger partial charge in [0.25, 0.3) is 0 Å². The molecule has 0 aliphatic carbocycles. The largest absolute Gasteiger partial charge is 0.378 e. The van der Waals surface area contributed by atoms with E-state index in [2.05, 4.69) is 5.32 Å². The molecule has 0 saturated carbocycles. The topological polar surface area (TPSA) is 79.0 Å². The number of nitrogens with one attached hydrogen (secondary N) is 1. The summed E-state index contributed by atoms with van der Waals surface area (Å²) in [5.74, 6) is -0.0247. The summed E-state index contributed by atoms with van der Waals surface area (Å²) in [4.78, 5) is 13.4. The summed E-state index contributed by atoms with van der Waals surface area (Å²) >= 11 is 0. The number of hydrogen-bond acceptors (Lipinski definition) is 4. The lowest BCUT2D eigenvalue weighted by Gasteiger charge is -2.27. The van der Waals surface area contributed by atoms with Gasteiger partial charge in [-0.3, -0.25) is 0 Å². The number of hydrogen-bond donors (Lipinski definition) is 1. The first-order valence-corrected chi connectivity index (χ1v) is 8.29. The van der Waals surface area contributed by atoms with Crippen LogP contribution in [0.25, 0.3) is 0 Å². The molecular formula is C11H21N3O4S. The van der Waals surface area contributed by atoms with Crippen molar-refractivity contribution in [2.24, 2.45) is 0 Å². The SMILES string of the molecule is O=C(NCCS(=O)(=O)N1CCCC1)N1CCOCC1. The van der Waals surface area contributed by atoms with Crippen molar-refractivity contribution in [2.75, 3.05) is 51.7 Å². The number of carbonyl (C=O) groups is 1. The molecule has 2 heterocycles. The van der Waals surface area contributed by atoms with Crippen molar-refractivity contribution in [1.29, 1.82) is 0 Å². The van der Waals surface area contributed by atoms with Crippen molar-refractivity contribution in [3.05, 3.63) is 0 Å². The number of sulfonamides is 1. The highest BCUT2D eigenvalue weighted by atomic mass is 32.2. The van der Waals surface area contributed by atoms with E-state index in [0.29, 0.717) is 39.4 Å². The van der Waals surface area contributed by atoms with Crippen LogP contribution < -0.4 is 5.32 Å². The molecule has 0 radical (unpaired) electrons. The number of rotatable bonds is 4. The van der Waals surface area contributed by atoms with Crippen LogP contribution in [-0.4, -0.2) is 75.3 Å². The fourth-order valence-corrected chi connectivity index (χ4v) is 3.69. The zero-order valence-electron chi connectivity index (χ0n) is 11.0. The Balaban J connectivity index is 1.71. The van der Waals surface area contributed by atoms with Gasteiger partial charge >= 0.3 is 6.03 Å². The van der Waals surface area contributed by atoms with E-state index in [-0.39, 0.29) is 18.3 Å². The molecule has 0 bridgehead atoms. The molecule has 2 aliphatic heterocycles. The van der Waals surface area contributed by atoms with Crippen LogP contribution in [0.5, 0.6) is 0 Å². The molecule has 7 nitrogen and oxygen atoms in total. The third kappa shape index (κ3) is 4.05. The minimum atomic E-state index is -3.21. The Labute approximate surface area is 113 Å². The normalized spacial score (nSPS) is 21.6. The molecular weight excluding hydrogens is 270 g/mol. The van der Waals surface area contributed by atoms with Gasteiger partial charge in [0.05, 0.1) is 19.0 Å².